The first-order valence-electron chi connectivity index (χ1n) is 4.55. The van der Waals surface area contributed by atoms with Crippen LogP contribution in [-0.2, 0) is 0 Å². The minimum atomic E-state index is 0.0727. The molecular formula is C12H13NO. The third-order valence-corrected chi connectivity index (χ3v) is 2.10. The summed E-state index contributed by atoms with van der Waals surface area (Å²) in [6, 6.07) is 11.8. The number of hydrogen-bond donors (Lipinski definition) is 1. The number of benzene rings is 1. The molecule has 14 heavy (non-hydrogen) atoms. The van der Waals surface area contributed by atoms with Crippen LogP contribution in [-0.4, -0.2) is 11.7 Å². The Balaban J connectivity index is 3.09. The van der Waals surface area contributed by atoms with Crippen LogP contribution in [0.1, 0.15) is 18.9 Å². The van der Waals surface area contributed by atoms with Gasteiger partial charge in [-0.15, -0.1) is 0 Å². The minimum absolute atomic E-state index is 0.0727. The van der Waals surface area contributed by atoms with E-state index in [9.17, 15) is 0 Å². The fraction of sp³-hybridized carbons (Fsp3) is 0.250. The first kappa shape index (κ1) is 10.5. The van der Waals surface area contributed by atoms with Crippen LogP contribution >= 0.6 is 0 Å². The Morgan fingerprint density at radius 1 is 1.36 bits per heavy atom. The molecule has 0 aromatic heterocycles. The molecule has 2 nitrogen and oxygen atoms in total. The zero-order valence-electron chi connectivity index (χ0n) is 8.20. The molecule has 0 saturated heterocycles. The maximum absolute atomic E-state index is 8.90. The van der Waals surface area contributed by atoms with Crippen molar-refractivity contribution >= 4 is 5.57 Å². The number of nitriles is 1. The topological polar surface area (TPSA) is 44.0 Å². The predicted octanol–water partition coefficient (Wildman–Crippen LogP) is 2.37. The molecule has 0 aliphatic heterocycles. The first-order valence-corrected chi connectivity index (χ1v) is 4.55. The summed E-state index contributed by atoms with van der Waals surface area (Å²) >= 11 is 0. The van der Waals surface area contributed by atoms with Gasteiger partial charge in [0, 0.05) is 12.2 Å². The summed E-state index contributed by atoms with van der Waals surface area (Å²) in [4.78, 5) is 0. The molecule has 1 rings (SSSR count). The molecule has 0 amide bonds. The number of aliphatic hydroxyl groups is 1. The number of aliphatic hydroxyl groups excluding tert-OH is 1. The second-order valence-corrected chi connectivity index (χ2v) is 3.05. The van der Waals surface area contributed by atoms with Crippen molar-refractivity contribution in [2.24, 2.45) is 0 Å². The van der Waals surface area contributed by atoms with Crippen LogP contribution in [0, 0.1) is 11.3 Å². The molecule has 0 spiro atoms. The molecule has 0 unspecified atom stereocenters. The second kappa shape index (κ2) is 5.21. The summed E-state index contributed by atoms with van der Waals surface area (Å²) in [6.07, 6.45) is 0.531. The molecule has 0 fully saturated rings. The highest BCUT2D eigenvalue weighted by Crippen LogP contribution is 2.21. The number of allylic oxidation sites excluding steroid dienone is 1. The van der Waals surface area contributed by atoms with Gasteiger partial charge in [0.25, 0.3) is 0 Å². The van der Waals surface area contributed by atoms with Crippen molar-refractivity contribution in [1.82, 2.24) is 0 Å². The van der Waals surface area contributed by atoms with E-state index in [2.05, 4.69) is 6.07 Å². The van der Waals surface area contributed by atoms with Gasteiger partial charge in [0.15, 0.2) is 0 Å². The van der Waals surface area contributed by atoms with Crippen LogP contribution in [0.2, 0.25) is 0 Å². The van der Waals surface area contributed by atoms with Gasteiger partial charge in [-0.3, -0.25) is 0 Å². The van der Waals surface area contributed by atoms with Gasteiger partial charge in [0.1, 0.15) is 0 Å². The van der Waals surface area contributed by atoms with Crippen molar-refractivity contribution in [3.8, 4) is 6.07 Å². The van der Waals surface area contributed by atoms with Gasteiger partial charge in [-0.1, -0.05) is 30.3 Å². The Kier molecular flexibility index (Phi) is 3.90. The molecule has 0 atom stereocenters. The molecule has 2 heteroatoms. The van der Waals surface area contributed by atoms with Gasteiger partial charge in [0.05, 0.1) is 6.07 Å². The highest BCUT2D eigenvalue weighted by molar-refractivity contribution is 5.71. The van der Waals surface area contributed by atoms with E-state index in [1.807, 2.05) is 30.3 Å². The molecular weight excluding hydrogens is 174 g/mol. The summed E-state index contributed by atoms with van der Waals surface area (Å²) in [6.45, 7) is 1.85. The van der Waals surface area contributed by atoms with Crippen molar-refractivity contribution < 1.29 is 5.11 Å². The van der Waals surface area contributed by atoms with Gasteiger partial charge < -0.3 is 5.11 Å². The molecule has 72 valence electrons. The molecule has 0 bridgehead atoms. The van der Waals surface area contributed by atoms with Crippen molar-refractivity contribution in [1.29, 1.82) is 5.26 Å². The zero-order valence-corrected chi connectivity index (χ0v) is 8.20. The van der Waals surface area contributed by atoms with Crippen LogP contribution in [0.3, 0.4) is 0 Å². The normalized spacial score (nSPS) is 11.8. The van der Waals surface area contributed by atoms with Crippen molar-refractivity contribution in [2.45, 2.75) is 13.3 Å². The lowest BCUT2D eigenvalue weighted by molar-refractivity contribution is 0.305. The fourth-order valence-corrected chi connectivity index (χ4v) is 1.37. The second-order valence-electron chi connectivity index (χ2n) is 3.05. The Morgan fingerprint density at radius 3 is 2.50 bits per heavy atom. The largest absolute Gasteiger partial charge is 0.396 e. The molecule has 0 heterocycles. The molecule has 0 saturated carbocycles. The van der Waals surface area contributed by atoms with Gasteiger partial charge in [-0.2, -0.15) is 5.26 Å². The Labute approximate surface area is 84.1 Å². The van der Waals surface area contributed by atoms with E-state index in [0.29, 0.717) is 12.0 Å². The number of hydrogen-bond acceptors (Lipinski definition) is 2. The van der Waals surface area contributed by atoms with Crippen molar-refractivity contribution in [3.05, 3.63) is 41.5 Å². The summed E-state index contributed by atoms with van der Waals surface area (Å²) in [7, 11) is 0. The van der Waals surface area contributed by atoms with E-state index in [0.717, 1.165) is 11.1 Å². The molecule has 0 aliphatic carbocycles. The quantitative estimate of drug-likeness (QED) is 0.738. The Morgan fingerprint density at radius 2 is 2.00 bits per heavy atom. The van der Waals surface area contributed by atoms with E-state index < -0.39 is 0 Å². The lowest BCUT2D eigenvalue weighted by atomic mass is 9.99. The van der Waals surface area contributed by atoms with Crippen LogP contribution < -0.4 is 0 Å². The van der Waals surface area contributed by atoms with E-state index in [-0.39, 0.29) is 6.61 Å². The Hall–Kier alpha value is -1.59. The van der Waals surface area contributed by atoms with E-state index in [1.54, 1.807) is 6.92 Å². The summed E-state index contributed by atoms with van der Waals surface area (Å²) in [5.41, 5.74) is 2.61. The lowest BCUT2D eigenvalue weighted by Gasteiger charge is -2.06. The third-order valence-electron chi connectivity index (χ3n) is 2.10. The number of nitrogens with zero attached hydrogens (tertiary/aromatic N) is 1. The predicted molar refractivity (Wildman–Crippen MR) is 56.4 cm³/mol. The highest BCUT2D eigenvalue weighted by Gasteiger charge is 2.04. The molecule has 0 aliphatic rings. The monoisotopic (exact) mass is 187 g/mol. The SMILES string of the molecule is C/C(C#N)=C(\CCO)c1ccccc1. The van der Waals surface area contributed by atoms with Crippen LogP contribution in [0.4, 0.5) is 0 Å². The maximum Gasteiger partial charge on any atom is 0.0947 e. The molecule has 1 aromatic rings. The average molecular weight is 187 g/mol. The minimum Gasteiger partial charge on any atom is -0.396 e. The van der Waals surface area contributed by atoms with Crippen LogP contribution in [0.25, 0.3) is 5.57 Å². The maximum atomic E-state index is 8.90. The van der Waals surface area contributed by atoms with Gasteiger partial charge in [-0.05, 0) is 24.5 Å². The van der Waals surface area contributed by atoms with Crippen molar-refractivity contribution in [3.63, 3.8) is 0 Å². The smallest absolute Gasteiger partial charge is 0.0947 e. The average Bonchev–Trinajstić information content (AvgIpc) is 2.26. The van der Waals surface area contributed by atoms with Gasteiger partial charge >= 0.3 is 0 Å². The summed E-state index contributed by atoms with van der Waals surface area (Å²) < 4.78 is 0. The molecule has 1 N–H and O–H groups in total. The summed E-state index contributed by atoms with van der Waals surface area (Å²) in [5.74, 6) is 0. The van der Waals surface area contributed by atoms with E-state index in [4.69, 9.17) is 10.4 Å². The van der Waals surface area contributed by atoms with Gasteiger partial charge in [0.2, 0.25) is 0 Å². The van der Waals surface area contributed by atoms with E-state index >= 15 is 0 Å². The molecule has 1 aromatic carbocycles. The Bertz CT molecular complexity index is 360. The fourth-order valence-electron chi connectivity index (χ4n) is 1.37. The zero-order chi connectivity index (χ0) is 10.4. The standard InChI is InChI=1S/C12H13NO/c1-10(9-13)12(7-8-14)11-5-3-2-4-6-11/h2-6,14H,7-8H2,1H3/b12-10-. The van der Waals surface area contributed by atoms with Gasteiger partial charge in [-0.25, -0.2) is 0 Å². The lowest BCUT2D eigenvalue weighted by Crippen LogP contribution is -1.92. The van der Waals surface area contributed by atoms with Crippen LogP contribution in [0.15, 0.2) is 35.9 Å². The van der Waals surface area contributed by atoms with Crippen molar-refractivity contribution in [2.75, 3.05) is 6.61 Å². The van der Waals surface area contributed by atoms with E-state index in [1.165, 1.54) is 0 Å². The molecule has 0 radical (unpaired) electrons. The van der Waals surface area contributed by atoms with Crippen LogP contribution in [0.5, 0.6) is 0 Å². The summed E-state index contributed by atoms with van der Waals surface area (Å²) in [5, 5.41) is 17.7. The first-order chi connectivity index (χ1) is 6.79. The number of rotatable bonds is 3. The highest BCUT2D eigenvalue weighted by atomic mass is 16.2. The third kappa shape index (κ3) is 2.45.